The van der Waals surface area contributed by atoms with Crippen molar-refractivity contribution in [2.75, 3.05) is 17.7 Å². The lowest BCUT2D eigenvalue weighted by Gasteiger charge is -2.07. The molecule has 1 aromatic heterocycles. The van der Waals surface area contributed by atoms with Gasteiger partial charge in [-0.1, -0.05) is 11.6 Å². The third-order valence-corrected chi connectivity index (χ3v) is 3.64. The molecule has 1 amide bonds. The molecule has 0 aliphatic carbocycles. The minimum absolute atomic E-state index is 0.478. The molecule has 0 bridgehead atoms. The predicted molar refractivity (Wildman–Crippen MR) is 79.1 cm³/mol. The molecule has 2 aromatic rings. The average Bonchev–Trinajstić information content (AvgIpc) is 2.83. The third-order valence-electron chi connectivity index (χ3n) is 2.41. The van der Waals surface area contributed by atoms with E-state index in [1.54, 1.807) is 23.5 Å². The Hall–Kier alpha value is -1.72. The minimum atomic E-state index is -0.478. The monoisotopic (exact) mass is 296 g/mol. The largest absolute Gasteiger partial charge is 0.453 e. The average molecular weight is 297 g/mol. The van der Waals surface area contributed by atoms with Gasteiger partial charge < -0.3 is 10.1 Å². The second kappa shape index (κ2) is 6.45. The number of rotatable bonds is 4. The molecule has 0 radical (unpaired) electrons. The zero-order valence-electron chi connectivity index (χ0n) is 10.3. The van der Waals surface area contributed by atoms with Gasteiger partial charge in [-0.15, -0.1) is 11.3 Å². The molecule has 2 N–H and O–H groups in total. The number of ether oxygens (including phenoxy) is 1. The molecule has 0 unspecified atom stereocenters. The first kappa shape index (κ1) is 13.7. The topological polar surface area (TPSA) is 50.4 Å². The first-order chi connectivity index (χ1) is 9.17. The van der Waals surface area contributed by atoms with E-state index in [0.29, 0.717) is 5.69 Å². The third kappa shape index (κ3) is 4.15. The number of nitrogens with one attached hydrogen (secondary N) is 2. The number of hydrogen-bond acceptors (Lipinski definition) is 4. The minimum Gasteiger partial charge on any atom is -0.453 e. The van der Waals surface area contributed by atoms with E-state index in [4.69, 9.17) is 11.6 Å². The van der Waals surface area contributed by atoms with Crippen molar-refractivity contribution in [2.24, 2.45) is 0 Å². The van der Waals surface area contributed by atoms with E-state index in [-0.39, 0.29) is 0 Å². The summed E-state index contributed by atoms with van der Waals surface area (Å²) in [7, 11) is 1.33. The van der Waals surface area contributed by atoms with Gasteiger partial charge >= 0.3 is 6.09 Å². The van der Waals surface area contributed by atoms with Gasteiger partial charge in [0.05, 0.1) is 11.4 Å². The van der Waals surface area contributed by atoms with Crippen molar-refractivity contribution < 1.29 is 9.53 Å². The number of methoxy groups -OCH3 is 1. The Balaban J connectivity index is 1.89. The van der Waals surface area contributed by atoms with Crippen LogP contribution < -0.4 is 10.6 Å². The second-order valence-corrected chi connectivity index (χ2v) is 5.55. The highest BCUT2D eigenvalue weighted by Crippen LogP contribution is 2.22. The van der Waals surface area contributed by atoms with Gasteiger partial charge in [-0.25, -0.2) is 4.79 Å². The van der Waals surface area contributed by atoms with Crippen molar-refractivity contribution >= 4 is 40.4 Å². The fraction of sp³-hybridized carbons (Fsp3) is 0.154. The van der Waals surface area contributed by atoms with Crippen LogP contribution in [0.2, 0.25) is 4.34 Å². The number of amides is 1. The molecule has 4 nitrogen and oxygen atoms in total. The summed E-state index contributed by atoms with van der Waals surface area (Å²) in [5.41, 5.74) is 1.66. The first-order valence-electron chi connectivity index (χ1n) is 5.60. The summed E-state index contributed by atoms with van der Waals surface area (Å²) in [6.45, 7) is 0.723. The Morgan fingerprint density at radius 2 is 1.89 bits per heavy atom. The van der Waals surface area contributed by atoms with E-state index in [1.807, 2.05) is 24.3 Å². The molecule has 1 heterocycles. The molecule has 0 fully saturated rings. The Labute approximate surface area is 120 Å². The normalized spacial score (nSPS) is 10.0. The number of benzene rings is 1. The quantitative estimate of drug-likeness (QED) is 0.889. The van der Waals surface area contributed by atoms with E-state index < -0.39 is 6.09 Å². The number of anilines is 2. The summed E-state index contributed by atoms with van der Waals surface area (Å²) in [5.74, 6) is 0. The molecular weight excluding hydrogens is 284 g/mol. The van der Waals surface area contributed by atoms with Gasteiger partial charge in [0.15, 0.2) is 0 Å². The lowest BCUT2D eigenvalue weighted by Crippen LogP contribution is -2.10. The molecule has 0 saturated heterocycles. The summed E-state index contributed by atoms with van der Waals surface area (Å²) in [6, 6.07) is 11.3. The van der Waals surface area contributed by atoms with Crippen LogP contribution in [-0.2, 0) is 11.3 Å². The molecular formula is C13H13ClN2O2S. The van der Waals surface area contributed by atoms with Gasteiger partial charge in [-0.3, -0.25) is 5.32 Å². The number of carbonyl (C=O) groups excluding carboxylic acids is 1. The van der Waals surface area contributed by atoms with Crippen molar-refractivity contribution in [1.82, 2.24) is 0 Å². The van der Waals surface area contributed by atoms with Crippen LogP contribution in [0.25, 0.3) is 0 Å². The molecule has 100 valence electrons. The van der Waals surface area contributed by atoms with Crippen LogP contribution in [0.3, 0.4) is 0 Å². The molecule has 2 rings (SSSR count). The van der Waals surface area contributed by atoms with Crippen LogP contribution in [-0.4, -0.2) is 13.2 Å². The Bertz CT molecular complexity index is 554. The van der Waals surface area contributed by atoms with Gasteiger partial charge in [0, 0.05) is 22.8 Å². The predicted octanol–water partition coefficient (Wildman–Crippen LogP) is 4.19. The fourth-order valence-electron chi connectivity index (χ4n) is 1.48. The van der Waals surface area contributed by atoms with Crippen molar-refractivity contribution in [1.29, 1.82) is 0 Å². The summed E-state index contributed by atoms with van der Waals surface area (Å²) >= 11 is 7.41. The maximum absolute atomic E-state index is 11.0. The Kier molecular flexibility index (Phi) is 4.65. The van der Waals surface area contributed by atoms with Crippen LogP contribution in [0.1, 0.15) is 4.88 Å². The number of carbonyl (C=O) groups is 1. The maximum Gasteiger partial charge on any atom is 0.411 e. The van der Waals surface area contributed by atoms with Crippen molar-refractivity contribution in [3.8, 4) is 0 Å². The van der Waals surface area contributed by atoms with E-state index in [0.717, 1.165) is 16.6 Å². The summed E-state index contributed by atoms with van der Waals surface area (Å²) in [5, 5.41) is 5.87. The Morgan fingerprint density at radius 3 is 2.47 bits per heavy atom. The lowest BCUT2D eigenvalue weighted by atomic mass is 10.3. The number of thiophene rings is 1. The number of hydrogen-bond donors (Lipinski definition) is 2. The Morgan fingerprint density at radius 1 is 1.21 bits per heavy atom. The van der Waals surface area contributed by atoms with Gasteiger partial charge in [-0.05, 0) is 36.4 Å². The highest BCUT2D eigenvalue weighted by atomic mass is 35.5. The zero-order chi connectivity index (χ0) is 13.7. The standard InChI is InChI=1S/C13H13ClN2O2S/c1-18-13(17)16-10-4-2-9(3-5-10)15-8-11-6-7-12(14)19-11/h2-7,15H,8H2,1H3,(H,16,17). The van der Waals surface area contributed by atoms with Crippen molar-refractivity contribution in [3.63, 3.8) is 0 Å². The van der Waals surface area contributed by atoms with Gasteiger partial charge in [0.2, 0.25) is 0 Å². The maximum atomic E-state index is 11.0. The van der Waals surface area contributed by atoms with Crippen LogP contribution in [0.15, 0.2) is 36.4 Å². The van der Waals surface area contributed by atoms with Gasteiger partial charge in [-0.2, -0.15) is 0 Å². The second-order valence-electron chi connectivity index (χ2n) is 3.75. The summed E-state index contributed by atoms with van der Waals surface area (Å²) in [4.78, 5) is 12.2. The fourth-order valence-corrected chi connectivity index (χ4v) is 2.50. The number of halogens is 1. The van der Waals surface area contributed by atoms with Crippen LogP contribution >= 0.6 is 22.9 Å². The van der Waals surface area contributed by atoms with E-state index >= 15 is 0 Å². The molecule has 0 aliphatic heterocycles. The van der Waals surface area contributed by atoms with Crippen LogP contribution in [0.5, 0.6) is 0 Å². The molecule has 6 heteroatoms. The molecule has 0 aliphatic rings. The van der Waals surface area contributed by atoms with Gasteiger partial charge in [0.1, 0.15) is 0 Å². The highest BCUT2D eigenvalue weighted by molar-refractivity contribution is 7.16. The molecule has 0 saturated carbocycles. The molecule has 0 spiro atoms. The van der Waals surface area contributed by atoms with Gasteiger partial charge in [0.25, 0.3) is 0 Å². The highest BCUT2D eigenvalue weighted by Gasteiger charge is 2.01. The molecule has 19 heavy (non-hydrogen) atoms. The summed E-state index contributed by atoms with van der Waals surface area (Å²) < 4.78 is 5.30. The zero-order valence-corrected chi connectivity index (χ0v) is 11.8. The summed E-state index contributed by atoms with van der Waals surface area (Å²) in [6.07, 6.45) is -0.478. The lowest BCUT2D eigenvalue weighted by molar-refractivity contribution is 0.187. The van der Waals surface area contributed by atoms with Crippen molar-refractivity contribution in [2.45, 2.75) is 6.54 Å². The SMILES string of the molecule is COC(=O)Nc1ccc(NCc2ccc(Cl)s2)cc1. The van der Waals surface area contributed by atoms with Crippen LogP contribution in [0.4, 0.5) is 16.2 Å². The molecule has 1 aromatic carbocycles. The van der Waals surface area contributed by atoms with Crippen molar-refractivity contribution in [3.05, 3.63) is 45.6 Å². The van der Waals surface area contributed by atoms with Crippen LogP contribution in [0, 0.1) is 0 Å². The van der Waals surface area contributed by atoms with E-state index in [9.17, 15) is 4.79 Å². The van der Waals surface area contributed by atoms with E-state index in [1.165, 1.54) is 12.0 Å². The van der Waals surface area contributed by atoms with E-state index in [2.05, 4.69) is 15.4 Å². The smallest absolute Gasteiger partial charge is 0.411 e. The molecule has 0 atom stereocenters. The first-order valence-corrected chi connectivity index (χ1v) is 6.80.